The zero-order chi connectivity index (χ0) is 40.5. The molecule has 0 aliphatic heterocycles. The SMILES string of the molecule is O.O.O=C(Nc1ccccc1NC(=O)c1cccc(O)c1O)c1cccc(O)c1O.O=C(Nc1ccccc1NC(=O)c1cccc(O)c1O)c1cccc(O)c1O.[Fe].[Fe]. The van der Waals surface area contributed by atoms with Crippen molar-refractivity contribution >= 4 is 46.4 Å². The summed E-state index contributed by atoms with van der Waals surface area (Å²) in [6.45, 7) is 0. The third-order valence-corrected chi connectivity index (χ3v) is 7.88. The fourth-order valence-electron chi connectivity index (χ4n) is 5.02. The maximum atomic E-state index is 12.4. The second-order valence-corrected chi connectivity index (χ2v) is 11.6. The minimum Gasteiger partial charge on any atom is -0.504 e. The topological polar surface area (TPSA) is 341 Å². The quantitative estimate of drug-likeness (QED) is 0.0748. The van der Waals surface area contributed by atoms with E-state index in [1.165, 1.54) is 97.1 Å². The Morgan fingerprint density at radius 1 is 0.300 bits per heavy atom. The normalized spacial score (nSPS) is 9.60. The number of anilines is 4. The second kappa shape index (κ2) is 22.5. The van der Waals surface area contributed by atoms with Gasteiger partial charge in [0.1, 0.15) is 0 Å². The van der Waals surface area contributed by atoms with Gasteiger partial charge in [0, 0.05) is 34.1 Å². The van der Waals surface area contributed by atoms with Crippen LogP contribution >= 0.6 is 0 Å². The Labute approximate surface area is 361 Å². The fourth-order valence-corrected chi connectivity index (χ4v) is 5.02. The molecule has 6 aromatic rings. The van der Waals surface area contributed by atoms with Crippen molar-refractivity contribution in [3.8, 4) is 46.0 Å². The number of hydrogen-bond donors (Lipinski definition) is 12. The minimum atomic E-state index is -0.699. The van der Waals surface area contributed by atoms with Crippen LogP contribution in [0.1, 0.15) is 41.4 Å². The molecule has 60 heavy (non-hydrogen) atoms. The van der Waals surface area contributed by atoms with E-state index in [4.69, 9.17) is 0 Å². The van der Waals surface area contributed by atoms with Gasteiger partial charge in [0.2, 0.25) is 0 Å². The molecule has 0 aliphatic rings. The molecule has 18 nitrogen and oxygen atoms in total. The van der Waals surface area contributed by atoms with Crippen LogP contribution in [0.2, 0.25) is 0 Å². The van der Waals surface area contributed by atoms with Gasteiger partial charge in [-0.1, -0.05) is 48.5 Å². The Morgan fingerprint density at radius 2 is 0.483 bits per heavy atom. The molecule has 0 saturated heterocycles. The largest absolute Gasteiger partial charge is 0.504 e. The van der Waals surface area contributed by atoms with Gasteiger partial charge in [-0.3, -0.25) is 19.2 Å². The van der Waals surface area contributed by atoms with Crippen molar-refractivity contribution in [2.45, 2.75) is 0 Å². The first-order valence-corrected chi connectivity index (χ1v) is 16.2. The molecule has 4 amide bonds. The molecule has 0 unspecified atom stereocenters. The van der Waals surface area contributed by atoms with Crippen molar-refractivity contribution in [3.05, 3.63) is 144 Å². The van der Waals surface area contributed by atoms with E-state index < -0.39 is 69.6 Å². The number of amides is 4. The molecule has 6 aromatic carbocycles. The average molecular weight is 908 g/mol. The van der Waals surface area contributed by atoms with Crippen LogP contribution in [0.4, 0.5) is 22.7 Å². The van der Waals surface area contributed by atoms with Gasteiger partial charge in [-0.2, -0.15) is 0 Å². The van der Waals surface area contributed by atoms with Gasteiger partial charge >= 0.3 is 0 Å². The third-order valence-electron chi connectivity index (χ3n) is 7.88. The molecule has 0 spiro atoms. The summed E-state index contributed by atoms with van der Waals surface area (Å²) < 4.78 is 0. The second-order valence-electron chi connectivity index (χ2n) is 11.6. The van der Waals surface area contributed by atoms with Gasteiger partial charge in [0.25, 0.3) is 23.6 Å². The number of phenolic OH excluding ortho intramolecular Hbond substituents is 8. The number of nitrogens with one attached hydrogen (secondary N) is 4. The summed E-state index contributed by atoms with van der Waals surface area (Å²) in [5.41, 5.74) is 0.315. The zero-order valence-electron chi connectivity index (χ0n) is 30.5. The zero-order valence-corrected chi connectivity index (χ0v) is 32.7. The van der Waals surface area contributed by atoms with Crippen LogP contribution in [0.5, 0.6) is 46.0 Å². The molecule has 6 rings (SSSR count). The number of carbonyl (C=O) groups is 4. The van der Waals surface area contributed by atoms with E-state index in [2.05, 4.69) is 21.3 Å². The first-order chi connectivity index (χ1) is 26.8. The van der Waals surface area contributed by atoms with Crippen molar-refractivity contribution in [2.75, 3.05) is 21.3 Å². The number of benzene rings is 6. The third kappa shape index (κ3) is 11.8. The van der Waals surface area contributed by atoms with Gasteiger partial charge in [-0.25, -0.2) is 0 Å². The molecule has 0 atom stereocenters. The van der Waals surface area contributed by atoms with Crippen LogP contribution in [0.3, 0.4) is 0 Å². The molecule has 0 aliphatic carbocycles. The Morgan fingerprint density at radius 3 is 0.667 bits per heavy atom. The molecule has 16 N–H and O–H groups in total. The predicted octanol–water partition coefficient (Wildman–Crippen LogP) is 4.37. The minimum absolute atomic E-state index is 0. The van der Waals surface area contributed by atoms with Crippen LogP contribution in [0, 0.1) is 0 Å². The first-order valence-electron chi connectivity index (χ1n) is 16.2. The van der Waals surface area contributed by atoms with Crippen molar-refractivity contribution in [3.63, 3.8) is 0 Å². The van der Waals surface area contributed by atoms with Gasteiger partial charge in [-0.05, 0) is 72.8 Å². The maximum Gasteiger partial charge on any atom is 0.259 e. The summed E-state index contributed by atoms with van der Waals surface area (Å²) in [5, 5.41) is 87.6. The molecule has 0 fully saturated rings. The van der Waals surface area contributed by atoms with E-state index in [-0.39, 0.29) is 90.1 Å². The summed E-state index contributed by atoms with van der Waals surface area (Å²) in [6.07, 6.45) is 0. The standard InChI is InChI=1S/2C20H16N2O6.2Fe.2H2O/c2*23-15-9-3-5-11(17(15)25)19(27)21-13-7-1-2-8-14(13)22-20(28)12-6-4-10-16(24)18(12)26;;;;/h2*1-10,23-26H,(H,21,27)(H,22,28);;;2*1H2. The monoisotopic (exact) mass is 908 g/mol. The van der Waals surface area contributed by atoms with Gasteiger partial charge in [0.15, 0.2) is 46.0 Å². The predicted molar refractivity (Wildman–Crippen MR) is 211 cm³/mol. The average Bonchev–Trinajstić information content (AvgIpc) is 3.17. The molecule has 0 heterocycles. The summed E-state index contributed by atoms with van der Waals surface area (Å²) >= 11 is 0. The number of hydrogen-bond acceptors (Lipinski definition) is 12. The van der Waals surface area contributed by atoms with Crippen molar-refractivity contribution in [1.82, 2.24) is 0 Å². The van der Waals surface area contributed by atoms with Crippen LogP contribution in [0.25, 0.3) is 0 Å². The fraction of sp³-hybridized carbons (Fsp3) is 0. The van der Waals surface area contributed by atoms with Gasteiger partial charge in [0.05, 0.1) is 45.0 Å². The van der Waals surface area contributed by atoms with E-state index in [1.54, 1.807) is 24.3 Å². The number of rotatable bonds is 8. The van der Waals surface area contributed by atoms with E-state index in [9.17, 15) is 60.0 Å². The van der Waals surface area contributed by atoms with E-state index >= 15 is 0 Å². The Balaban J connectivity index is 0.000000562. The molecule has 0 radical (unpaired) electrons. The Bertz CT molecular complexity index is 2150. The first kappa shape index (κ1) is 50.6. The number of aromatic hydroxyl groups is 8. The number of phenols is 8. The molecule has 316 valence electrons. The summed E-state index contributed by atoms with van der Waals surface area (Å²) in [7, 11) is 0. The Kier molecular flexibility index (Phi) is 19.0. The van der Waals surface area contributed by atoms with Gasteiger partial charge in [-0.15, -0.1) is 0 Å². The summed E-state index contributed by atoms with van der Waals surface area (Å²) in [4.78, 5) is 49.7. The molecular formula is C40H36Fe2N4O14. The van der Waals surface area contributed by atoms with E-state index in [0.29, 0.717) is 0 Å². The number of para-hydroxylation sites is 8. The molecule has 0 bridgehead atoms. The molecular weight excluding hydrogens is 872 g/mol. The van der Waals surface area contributed by atoms with Crippen molar-refractivity contribution in [1.29, 1.82) is 0 Å². The Hall–Kier alpha value is -7.44. The van der Waals surface area contributed by atoms with Crippen molar-refractivity contribution in [2.24, 2.45) is 0 Å². The van der Waals surface area contributed by atoms with Crippen LogP contribution in [-0.4, -0.2) is 75.4 Å². The van der Waals surface area contributed by atoms with Crippen LogP contribution < -0.4 is 21.3 Å². The van der Waals surface area contributed by atoms with E-state index in [1.807, 2.05) is 0 Å². The van der Waals surface area contributed by atoms with Crippen LogP contribution in [-0.2, 0) is 34.1 Å². The van der Waals surface area contributed by atoms with Gasteiger partial charge < -0.3 is 73.1 Å². The van der Waals surface area contributed by atoms with E-state index in [0.717, 1.165) is 0 Å². The van der Waals surface area contributed by atoms with Crippen molar-refractivity contribution < 1.29 is 105 Å². The molecule has 0 saturated carbocycles. The molecule has 0 aromatic heterocycles. The summed E-state index contributed by atoms with van der Waals surface area (Å²) in [6, 6.07) is 28.5. The molecule has 20 heteroatoms. The summed E-state index contributed by atoms with van der Waals surface area (Å²) in [5.74, 6) is -6.80. The maximum absolute atomic E-state index is 12.4. The number of carbonyl (C=O) groups excluding carboxylic acids is 4. The van der Waals surface area contributed by atoms with Crippen LogP contribution in [0.15, 0.2) is 121 Å². The smallest absolute Gasteiger partial charge is 0.259 e.